The number of thiophene rings is 1. The van der Waals surface area contributed by atoms with E-state index >= 15 is 4.39 Å². The van der Waals surface area contributed by atoms with E-state index in [2.05, 4.69) is 31.4 Å². The molecule has 0 radical (unpaired) electrons. The molecule has 3 aromatic carbocycles. The number of aromatic carboxylic acids is 1. The van der Waals surface area contributed by atoms with Gasteiger partial charge in [0.15, 0.2) is 0 Å². The molecule has 1 fully saturated rings. The number of quaternary nitrogens is 1. The summed E-state index contributed by atoms with van der Waals surface area (Å²) in [6.07, 6.45) is 0.560. The Hall–Kier alpha value is -3.05. The number of carbonyl (C=O) groups excluding carboxylic acids is 1. The van der Waals surface area contributed by atoms with Crippen molar-refractivity contribution >= 4 is 67.9 Å². The molecule has 1 saturated heterocycles. The second-order valence-corrected chi connectivity index (χ2v) is 14.4. The average Bonchev–Trinajstić information content (AvgIpc) is 3.57. The van der Waals surface area contributed by atoms with Gasteiger partial charge in [0.25, 0.3) is 0 Å². The van der Waals surface area contributed by atoms with Crippen molar-refractivity contribution in [2.24, 2.45) is 5.41 Å². The normalized spacial score (nSPS) is 24.0. The van der Waals surface area contributed by atoms with Gasteiger partial charge in [-0.05, 0) is 58.7 Å². The van der Waals surface area contributed by atoms with Gasteiger partial charge in [-0.3, -0.25) is 4.79 Å². The molecule has 0 bridgehead atoms. The van der Waals surface area contributed by atoms with Gasteiger partial charge in [-0.1, -0.05) is 62.2 Å². The summed E-state index contributed by atoms with van der Waals surface area (Å²) in [7, 11) is 0. The van der Waals surface area contributed by atoms with E-state index in [-0.39, 0.29) is 38.4 Å². The highest BCUT2D eigenvalue weighted by Gasteiger charge is 2.65. The average molecular weight is 643 g/mol. The van der Waals surface area contributed by atoms with E-state index in [0.29, 0.717) is 33.8 Å². The van der Waals surface area contributed by atoms with Gasteiger partial charge in [-0.15, -0.1) is 11.3 Å². The van der Waals surface area contributed by atoms with Crippen LogP contribution in [0.4, 0.5) is 15.8 Å². The Morgan fingerprint density at radius 1 is 1.14 bits per heavy atom. The topological polar surface area (TPSA) is 106 Å². The minimum absolute atomic E-state index is 0.0311. The lowest BCUT2D eigenvalue weighted by molar-refractivity contribution is -0.778. The molecule has 0 aliphatic carbocycles. The van der Waals surface area contributed by atoms with Gasteiger partial charge in [0.1, 0.15) is 21.8 Å². The number of rotatable bonds is 6. The third kappa shape index (κ3) is 5.12. The highest BCUT2D eigenvalue weighted by molar-refractivity contribution is 7.20. The van der Waals surface area contributed by atoms with Crippen molar-refractivity contribution in [3.63, 3.8) is 0 Å². The van der Waals surface area contributed by atoms with Crippen LogP contribution in [0.5, 0.6) is 0 Å². The first-order valence-electron chi connectivity index (χ1n) is 13.9. The van der Waals surface area contributed by atoms with E-state index in [1.165, 1.54) is 6.07 Å². The van der Waals surface area contributed by atoms with Crippen LogP contribution in [-0.2, 0) is 10.2 Å². The number of benzene rings is 3. The van der Waals surface area contributed by atoms with E-state index in [0.717, 1.165) is 16.0 Å². The van der Waals surface area contributed by atoms with Gasteiger partial charge in [0.05, 0.1) is 17.6 Å². The summed E-state index contributed by atoms with van der Waals surface area (Å²) in [4.78, 5) is 25.9. The van der Waals surface area contributed by atoms with Gasteiger partial charge in [-0.25, -0.2) is 9.18 Å². The molecular weight excluding hydrogens is 612 g/mol. The molecule has 4 aromatic rings. The molecule has 11 heteroatoms. The van der Waals surface area contributed by atoms with Crippen molar-refractivity contribution in [1.29, 1.82) is 0 Å². The lowest BCUT2D eigenvalue weighted by Crippen LogP contribution is -3.04. The molecule has 224 valence electrons. The van der Waals surface area contributed by atoms with Crippen molar-refractivity contribution in [2.75, 3.05) is 11.9 Å². The van der Waals surface area contributed by atoms with Gasteiger partial charge in [-0.2, -0.15) is 0 Å². The van der Waals surface area contributed by atoms with Crippen LogP contribution in [-0.4, -0.2) is 35.6 Å². The first-order chi connectivity index (χ1) is 20.3. The van der Waals surface area contributed by atoms with Crippen LogP contribution in [0, 0.1) is 16.4 Å². The number of carboxylic acids is 1. The molecule has 4 N–H and O–H groups in total. The lowest BCUT2D eigenvalue weighted by atomic mass is 9.62. The minimum Gasteiger partial charge on any atom is -0.629 e. The van der Waals surface area contributed by atoms with Crippen LogP contribution in [0.25, 0.3) is 10.1 Å². The van der Waals surface area contributed by atoms with Crippen LogP contribution in [0.15, 0.2) is 60.7 Å². The summed E-state index contributed by atoms with van der Waals surface area (Å²) in [5.41, 5.74) is 0.454. The first-order valence-corrected chi connectivity index (χ1v) is 15.5. The fourth-order valence-electron chi connectivity index (χ4n) is 6.88. The number of fused-ring (bicyclic) bond motifs is 3. The van der Waals surface area contributed by atoms with E-state index in [1.54, 1.807) is 48.5 Å². The third-order valence-corrected chi connectivity index (χ3v) is 10.1. The number of carbonyl (C=O) groups is 2. The predicted molar refractivity (Wildman–Crippen MR) is 168 cm³/mol. The Bertz CT molecular complexity index is 1770. The number of anilines is 1. The van der Waals surface area contributed by atoms with E-state index in [4.69, 9.17) is 23.2 Å². The molecule has 0 saturated carbocycles. The SMILES string of the molecule is CC(C)(C)C[C@@H]1N[C@@H](C[NH+]([O-])c2ccc3sc(C(=O)O)cc3c2)[C@H](c2cccc(Cl)c2F)[C@]12C(=O)Nc1cc(Cl)ccc12. The van der Waals surface area contributed by atoms with Crippen LogP contribution in [0.1, 0.15) is 53.9 Å². The Kier molecular flexibility index (Phi) is 7.56. The molecular formula is C32H30Cl2FN3O4S. The maximum absolute atomic E-state index is 16.0. The first kappa shape index (κ1) is 30.0. The largest absolute Gasteiger partial charge is 0.629 e. The number of halogens is 3. The molecule has 1 aromatic heterocycles. The van der Waals surface area contributed by atoms with Crippen molar-refractivity contribution < 1.29 is 24.1 Å². The molecule has 5 atom stereocenters. The van der Waals surface area contributed by atoms with Crippen LogP contribution in [0.3, 0.4) is 0 Å². The Morgan fingerprint density at radius 3 is 2.63 bits per heavy atom. The van der Waals surface area contributed by atoms with Crippen molar-refractivity contribution in [3.05, 3.63) is 97.7 Å². The molecule has 7 nitrogen and oxygen atoms in total. The summed E-state index contributed by atoms with van der Waals surface area (Å²) in [5.74, 6) is -2.72. The minimum atomic E-state index is -1.25. The quantitative estimate of drug-likeness (QED) is 0.180. The van der Waals surface area contributed by atoms with Crippen LogP contribution in [0.2, 0.25) is 10.0 Å². The number of carboxylic acid groups (broad SMARTS) is 1. The molecule has 43 heavy (non-hydrogen) atoms. The number of hydroxylamine groups is 1. The maximum Gasteiger partial charge on any atom is 0.345 e. The van der Waals surface area contributed by atoms with Gasteiger partial charge < -0.3 is 26.0 Å². The summed E-state index contributed by atoms with van der Waals surface area (Å²) in [6, 6.07) is 15.6. The Labute approximate surface area is 262 Å². The van der Waals surface area contributed by atoms with Gasteiger partial charge in [0, 0.05) is 39.5 Å². The smallest absolute Gasteiger partial charge is 0.345 e. The van der Waals surface area contributed by atoms with Gasteiger partial charge in [0.2, 0.25) is 5.91 Å². The number of hydrogen-bond acceptors (Lipinski definition) is 5. The molecule has 1 spiro atoms. The molecule has 2 aliphatic heterocycles. The molecule has 2 aliphatic rings. The number of amides is 1. The van der Waals surface area contributed by atoms with E-state index < -0.39 is 35.2 Å². The Balaban J connectivity index is 1.49. The maximum atomic E-state index is 16.0. The number of hydrogen-bond donors (Lipinski definition) is 4. The van der Waals surface area contributed by atoms with Crippen LogP contribution < -0.4 is 15.7 Å². The second-order valence-electron chi connectivity index (χ2n) is 12.5. The lowest BCUT2D eigenvalue weighted by Gasteiger charge is -2.38. The zero-order valence-electron chi connectivity index (χ0n) is 23.6. The monoisotopic (exact) mass is 641 g/mol. The van der Waals surface area contributed by atoms with Crippen molar-refractivity contribution in [1.82, 2.24) is 5.32 Å². The van der Waals surface area contributed by atoms with Crippen LogP contribution >= 0.6 is 34.5 Å². The molecule has 1 unspecified atom stereocenters. The zero-order chi connectivity index (χ0) is 30.8. The summed E-state index contributed by atoms with van der Waals surface area (Å²) < 4.78 is 16.7. The third-order valence-electron chi connectivity index (χ3n) is 8.50. The highest BCUT2D eigenvalue weighted by Crippen LogP contribution is 2.57. The van der Waals surface area contributed by atoms with E-state index in [9.17, 15) is 19.9 Å². The second kappa shape index (κ2) is 10.8. The standard InChI is InChI=1S/C32H30Cl2FN3O4S/c1-31(2,3)14-26-32(20-9-7-17(33)13-22(20)37-30(32)41)27(19-5-4-6-21(34)28(19)35)23(36-26)15-38(42)18-8-10-24-16(11-18)12-25(43-24)29(39)40/h4-13,23,26-27,36,38H,14-15H2,1-3H3,(H,37,41)(H,39,40)/t23-,26-,27-,32+/m0/s1. The fourth-order valence-corrected chi connectivity index (χ4v) is 8.11. The summed E-state index contributed by atoms with van der Waals surface area (Å²) in [6.45, 7) is 6.20. The number of nitrogens with one attached hydrogen (secondary N) is 3. The Morgan fingerprint density at radius 2 is 1.91 bits per heavy atom. The predicted octanol–water partition coefficient (Wildman–Crippen LogP) is 6.51. The molecule has 3 heterocycles. The van der Waals surface area contributed by atoms with Crippen molar-refractivity contribution in [3.8, 4) is 0 Å². The summed E-state index contributed by atoms with van der Waals surface area (Å²) in [5, 5.41) is 30.8. The zero-order valence-corrected chi connectivity index (χ0v) is 26.0. The van der Waals surface area contributed by atoms with Gasteiger partial charge >= 0.3 is 5.97 Å². The molecule has 1 amide bonds. The highest BCUT2D eigenvalue weighted by atomic mass is 35.5. The van der Waals surface area contributed by atoms with E-state index in [1.807, 2.05) is 6.07 Å². The fraction of sp³-hybridized carbons (Fsp3) is 0.312. The summed E-state index contributed by atoms with van der Waals surface area (Å²) >= 11 is 13.7. The molecule has 6 rings (SSSR count). The van der Waals surface area contributed by atoms with Crippen molar-refractivity contribution in [2.45, 2.75) is 50.6 Å².